The molecule has 0 rings (SSSR count). The van der Waals surface area contributed by atoms with Crippen molar-refractivity contribution < 1.29 is 190 Å². The second-order valence-corrected chi connectivity index (χ2v) is 7.61. The molecule has 0 aliphatic rings. The molecule has 0 saturated heterocycles. The molecule has 0 radical (unpaired) electrons. The molecule has 0 aromatic rings. The van der Waals surface area contributed by atoms with Crippen LogP contribution in [0.4, 0.5) is 0 Å². The van der Waals surface area contributed by atoms with Gasteiger partial charge in [0.15, 0.2) is 0 Å². The van der Waals surface area contributed by atoms with Crippen LogP contribution in [-0.4, -0.2) is 0 Å². The maximum atomic E-state index is 8.62. The van der Waals surface area contributed by atoms with Crippen LogP contribution in [-0.2, 0) is 0 Å². The van der Waals surface area contributed by atoms with Crippen LogP contribution in [0.3, 0.4) is 0 Å². The van der Waals surface area contributed by atoms with Gasteiger partial charge in [-0.25, -0.2) is 0 Å². The molecule has 0 atom stereocenters. The van der Waals surface area contributed by atoms with Crippen molar-refractivity contribution >= 4 is 0 Å². The second kappa shape index (κ2) is 18.1. The van der Waals surface area contributed by atoms with Gasteiger partial charge in [-0.15, -0.1) is 0 Å². The molecule has 0 amide bonds. The first-order valence-corrected chi connectivity index (χ1v) is 12.4. The van der Waals surface area contributed by atoms with Crippen molar-refractivity contribution in [2.45, 2.75) is 0 Å². The molecule has 0 spiro atoms. The fraction of sp³-hybridized carbons (Fsp3) is 0. The molecule has 18 heteroatoms. The monoisotopic (exact) mass is 642 g/mol. The Morgan fingerprint density at radius 3 is 0.278 bits per heavy atom. The third-order valence-electron chi connectivity index (χ3n) is 0. The number of halogens is 3. The molecule has 18 heavy (non-hydrogen) atoms. The van der Waals surface area contributed by atoms with Crippen LogP contribution in [0.5, 0.6) is 0 Å². The summed E-state index contributed by atoms with van der Waals surface area (Å²) < 4.78 is 103. The number of rotatable bonds is 0. The van der Waals surface area contributed by atoms with E-state index in [2.05, 4.69) is 0 Å². The molecule has 0 unspecified atom stereocenters. The molecule has 0 fully saturated rings. The molecule has 0 N–H and O–H groups in total. The van der Waals surface area contributed by atoms with Crippen LogP contribution in [0.15, 0.2) is 0 Å². The van der Waals surface area contributed by atoms with Gasteiger partial charge in [-0.05, 0) is 0 Å². The van der Waals surface area contributed by atoms with Crippen molar-refractivity contribution in [3.63, 3.8) is 0 Å². The quantitative estimate of drug-likeness (QED) is 0.176. The Hall–Kier alpha value is 4.71. The van der Waals surface area contributed by atoms with E-state index in [0.29, 0.717) is 0 Å². The van der Waals surface area contributed by atoms with Gasteiger partial charge in [0.05, 0.1) is 0 Å². The number of hydrogen-bond donors (Lipinski definition) is 0. The van der Waals surface area contributed by atoms with Crippen LogP contribution < -0.4 is 190 Å². The summed E-state index contributed by atoms with van der Waals surface area (Å²) in [5.74, 6) is 0. The predicted molar refractivity (Wildman–Crippen MR) is 0 cm³/mol. The first-order valence-electron chi connectivity index (χ1n) is 1.85. The first kappa shape index (κ1) is 38.3. The van der Waals surface area contributed by atoms with Gasteiger partial charge >= 0.3 is 88.7 Å². The maximum Gasteiger partial charge on any atom is 1.00 e. The summed E-state index contributed by atoms with van der Waals surface area (Å²) in [5.41, 5.74) is 0. The molecule has 0 aliphatic heterocycles. The van der Waals surface area contributed by atoms with Gasteiger partial charge in [-0.2, -0.15) is 0 Å². The minimum atomic E-state index is -5.94. The van der Waals surface area contributed by atoms with Crippen LogP contribution >= 0.6 is 0 Å². The molecule has 0 aromatic carbocycles. The third kappa shape index (κ3) is 363. The summed E-state index contributed by atoms with van der Waals surface area (Å²) in [7, 11) is 0. The Morgan fingerprint density at radius 2 is 0.278 bits per heavy atom. The van der Waals surface area contributed by atoms with Gasteiger partial charge in [0.25, 0.3) is 0 Å². The Bertz CT molecular complexity index is 97.6. The van der Waals surface area contributed by atoms with E-state index in [1.165, 1.54) is 0 Å². The van der Waals surface area contributed by atoms with Crippen LogP contribution in [0, 0.1) is 0 Å². The standard InChI is InChI=1S/3IO4.3Na/c3*2-1(3,4)5;;;/q3*-1;3*+1. The second-order valence-electron chi connectivity index (χ2n) is 1.13. The summed E-state index contributed by atoms with van der Waals surface area (Å²) in [6.45, 7) is 0. The molecule has 0 bridgehead atoms. The molecule has 0 aromatic heterocycles. The Kier molecular flexibility index (Phi) is 38.5. The average Bonchev–Trinajstić information content (AvgIpc) is 1.41. The summed E-state index contributed by atoms with van der Waals surface area (Å²) in [6, 6.07) is 0. The van der Waals surface area contributed by atoms with Crippen molar-refractivity contribution in [1.82, 2.24) is 0 Å². The zero-order chi connectivity index (χ0) is 13.5. The fourth-order valence-corrected chi connectivity index (χ4v) is 0. The maximum absolute atomic E-state index is 8.62. The Labute approximate surface area is 186 Å². The van der Waals surface area contributed by atoms with E-state index < -0.39 is 60.3 Å². The molecular formula is I3Na3O12. The largest absolute Gasteiger partial charge is 1.00 e. The van der Waals surface area contributed by atoms with Gasteiger partial charge in [0, 0.05) is 0 Å². The van der Waals surface area contributed by atoms with E-state index in [-0.39, 0.29) is 88.7 Å². The minimum Gasteiger partial charge on any atom is -0.286 e. The zero-order valence-electron chi connectivity index (χ0n) is 9.03. The Balaban J connectivity index is -0.0000000277. The zero-order valence-corrected chi connectivity index (χ0v) is 21.5. The first-order chi connectivity index (χ1) is 6.00. The summed E-state index contributed by atoms with van der Waals surface area (Å²) in [4.78, 5) is 0. The molecule has 96 valence electrons. The minimum absolute atomic E-state index is 0. The topological polar surface area (TPSA) is 277 Å². The van der Waals surface area contributed by atoms with Crippen molar-refractivity contribution in [3.05, 3.63) is 0 Å². The van der Waals surface area contributed by atoms with E-state index in [1.807, 2.05) is 0 Å². The molecular weight excluding hydrogens is 642 g/mol. The van der Waals surface area contributed by atoms with Gasteiger partial charge < -0.3 is 0 Å². The van der Waals surface area contributed by atoms with Crippen LogP contribution in [0.25, 0.3) is 0 Å². The Morgan fingerprint density at radius 1 is 0.278 bits per heavy atom. The van der Waals surface area contributed by atoms with E-state index in [9.17, 15) is 0 Å². The van der Waals surface area contributed by atoms with Gasteiger partial charge in [-0.3, -0.25) is 41.2 Å². The van der Waals surface area contributed by atoms with E-state index in [4.69, 9.17) is 41.2 Å². The van der Waals surface area contributed by atoms with Crippen molar-refractivity contribution in [2.75, 3.05) is 0 Å². The summed E-state index contributed by atoms with van der Waals surface area (Å²) in [5, 5.41) is 0. The predicted octanol–water partition coefficient (Wildman–Crippen LogP) is -32.2. The van der Waals surface area contributed by atoms with Gasteiger partial charge in [-0.1, -0.05) is 0 Å². The van der Waals surface area contributed by atoms with E-state index in [0.717, 1.165) is 0 Å². The molecule has 0 saturated carbocycles. The van der Waals surface area contributed by atoms with Gasteiger partial charge in [0.1, 0.15) is 60.3 Å². The van der Waals surface area contributed by atoms with Crippen molar-refractivity contribution in [2.24, 2.45) is 0 Å². The third-order valence-corrected chi connectivity index (χ3v) is 0. The van der Waals surface area contributed by atoms with Gasteiger partial charge in [0.2, 0.25) is 0 Å². The number of hydrogen-bond acceptors (Lipinski definition) is 12. The van der Waals surface area contributed by atoms with E-state index in [1.54, 1.807) is 0 Å². The average molecular weight is 642 g/mol. The molecule has 0 aliphatic carbocycles. The summed E-state index contributed by atoms with van der Waals surface area (Å²) >= 11 is -17.8. The summed E-state index contributed by atoms with van der Waals surface area (Å²) in [6.07, 6.45) is 0. The molecule has 12 nitrogen and oxygen atoms in total. The van der Waals surface area contributed by atoms with Crippen molar-refractivity contribution in [3.8, 4) is 0 Å². The SMILES string of the molecule is [Na+].[Na+].[Na+].[O-][I+3]([O-])([O-])[O-].[O-][I+3]([O-])([O-])[O-].[O-][I+3]([O-])([O-])[O-]. The molecule has 0 heterocycles. The normalized spacial score (nSPS) is 10.0. The van der Waals surface area contributed by atoms with Crippen molar-refractivity contribution in [1.29, 1.82) is 0 Å². The fourth-order valence-electron chi connectivity index (χ4n) is 0. The van der Waals surface area contributed by atoms with E-state index >= 15 is 0 Å². The van der Waals surface area contributed by atoms with Crippen LogP contribution in [0.2, 0.25) is 0 Å². The smallest absolute Gasteiger partial charge is 0.286 e. The van der Waals surface area contributed by atoms with Crippen LogP contribution in [0.1, 0.15) is 0 Å².